The molecule has 1 fully saturated rings. The van der Waals surface area contributed by atoms with Gasteiger partial charge < -0.3 is 20.7 Å². The van der Waals surface area contributed by atoms with E-state index in [0.29, 0.717) is 46.2 Å². The average molecular weight is 405 g/mol. The average Bonchev–Trinajstić information content (AvgIpc) is 3.56. The number of aryl methyl sites for hydroxylation is 1. The van der Waals surface area contributed by atoms with Crippen LogP contribution in [0.3, 0.4) is 0 Å². The lowest BCUT2D eigenvalue weighted by molar-refractivity contribution is 0.0948. The van der Waals surface area contributed by atoms with Gasteiger partial charge in [0.15, 0.2) is 0 Å². The molecule has 2 aromatic heterocycles. The number of hydrogen-bond acceptors (Lipinski definition) is 5. The predicted molar refractivity (Wildman–Crippen MR) is 115 cm³/mol. The summed E-state index contributed by atoms with van der Waals surface area (Å²) in [5.41, 5.74) is 3.49. The molecular formula is C22H23N5O3. The van der Waals surface area contributed by atoms with E-state index in [1.165, 1.54) is 7.11 Å². The summed E-state index contributed by atoms with van der Waals surface area (Å²) in [5.74, 6) is 0.802. The Labute approximate surface area is 174 Å². The molecule has 2 heterocycles. The third-order valence-electron chi connectivity index (χ3n) is 4.89. The van der Waals surface area contributed by atoms with E-state index < -0.39 is 6.03 Å². The molecule has 0 spiro atoms. The fraction of sp³-hybridized carbons (Fsp3) is 0.273. The maximum Gasteiger partial charge on any atom is 0.323 e. The SMILES string of the molecule is COc1ccc(NC(=O)Nc2cc(C)nc3cccnc23)cc1C(=O)NCC1CC1. The number of carbonyl (C=O) groups is 2. The van der Waals surface area contributed by atoms with Crippen LogP contribution in [-0.2, 0) is 0 Å². The number of ether oxygens (including phenoxy) is 1. The van der Waals surface area contributed by atoms with Gasteiger partial charge >= 0.3 is 6.03 Å². The first-order valence-electron chi connectivity index (χ1n) is 9.80. The van der Waals surface area contributed by atoms with Crippen LogP contribution >= 0.6 is 0 Å². The molecule has 0 atom stereocenters. The number of fused-ring (bicyclic) bond motifs is 1. The van der Waals surface area contributed by atoms with Crippen LogP contribution in [0.5, 0.6) is 5.75 Å². The number of benzene rings is 1. The summed E-state index contributed by atoms with van der Waals surface area (Å²) in [6.45, 7) is 2.51. The molecule has 0 unspecified atom stereocenters. The third-order valence-corrected chi connectivity index (χ3v) is 4.89. The summed E-state index contributed by atoms with van der Waals surface area (Å²) in [6.07, 6.45) is 3.95. The summed E-state index contributed by atoms with van der Waals surface area (Å²) >= 11 is 0. The van der Waals surface area contributed by atoms with Crippen molar-refractivity contribution < 1.29 is 14.3 Å². The van der Waals surface area contributed by atoms with Crippen LogP contribution in [0.15, 0.2) is 42.6 Å². The Morgan fingerprint density at radius 1 is 1.17 bits per heavy atom. The Bertz CT molecular complexity index is 1110. The largest absolute Gasteiger partial charge is 0.496 e. The van der Waals surface area contributed by atoms with Crippen molar-refractivity contribution in [2.24, 2.45) is 5.92 Å². The Hall–Kier alpha value is -3.68. The van der Waals surface area contributed by atoms with Gasteiger partial charge in [-0.1, -0.05) is 0 Å². The molecule has 30 heavy (non-hydrogen) atoms. The van der Waals surface area contributed by atoms with E-state index in [-0.39, 0.29) is 5.91 Å². The van der Waals surface area contributed by atoms with Gasteiger partial charge in [0, 0.05) is 24.1 Å². The Morgan fingerprint density at radius 2 is 2.00 bits per heavy atom. The monoisotopic (exact) mass is 405 g/mol. The predicted octanol–water partition coefficient (Wildman–Crippen LogP) is 3.73. The molecule has 0 aliphatic heterocycles. The zero-order valence-electron chi connectivity index (χ0n) is 16.9. The van der Waals surface area contributed by atoms with Crippen molar-refractivity contribution >= 4 is 34.3 Å². The van der Waals surface area contributed by atoms with Gasteiger partial charge in [0.2, 0.25) is 0 Å². The second-order valence-corrected chi connectivity index (χ2v) is 7.33. The van der Waals surface area contributed by atoms with Gasteiger partial charge in [-0.05, 0) is 62.1 Å². The second kappa shape index (κ2) is 8.36. The van der Waals surface area contributed by atoms with E-state index in [1.54, 1.807) is 36.5 Å². The second-order valence-electron chi connectivity index (χ2n) is 7.33. The maximum absolute atomic E-state index is 12.6. The van der Waals surface area contributed by atoms with Crippen molar-refractivity contribution in [2.75, 3.05) is 24.3 Å². The Kier molecular flexibility index (Phi) is 5.47. The van der Waals surface area contributed by atoms with Crippen LogP contribution in [0.25, 0.3) is 11.0 Å². The topological polar surface area (TPSA) is 105 Å². The zero-order valence-corrected chi connectivity index (χ0v) is 16.9. The van der Waals surface area contributed by atoms with Crippen molar-refractivity contribution in [1.82, 2.24) is 15.3 Å². The smallest absolute Gasteiger partial charge is 0.323 e. The minimum Gasteiger partial charge on any atom is -0.496 e. The summed E-state index contributed by atoms with van der Waals surface area (Å²) in [5, 5.41) is 8.50. The number of nitrogens with one attached hydrogen (secondary N) is 3. The van der Waals surface area contributed by atoms with E-state index in [2.05, 4.69) is 25.9 Å². The minimum absolute atomic E-state index is 0.220. The number of aromatic nitrogens is 2. The molecule has 1 aliphatic carbocycles. The number of amides is 3. The van der Waals surface area contributed by atoms with Gasteiger partial charge in [0.25, 0.3) is 5.91 Å². The molecular weight excluding hydrogens is 382 g/mol. The Morgan fingerprint density at radius 3 is 2.77 bits per heavy atom. The first-order chi connectivity index (χ1) is 14.5. The number of carbonyl (C=O) groups excluding carboxylic acids is 2. The van der Waals surface area contributed by atoms with Crippen molar-refractivity contribution in [3.63, 3.8) is 0 Å². The van der Waals surface area contributed by atoms with Crippen molar-refractivity contribution in [3.8, 4) is 5.75 Å². The molecule has 0 saturated heterocycles. The molecule has 8 heteroatoms. The fourth-order valence-corrected chi connectivity index (χ4v) is 3.19. The van der Waals surface area contributed by atoms with Gasteiger partial charge in [-0.25, -0.2) is 4.79 Å². The highest BCUT2D eigenvalue weighted by molar-refractivity contribution is 6.05. The van der Waals surface area contributed by atoms with E-state index in [1.807, 2.05) is 13.0 Å². The first kappa shape index (κ1) is 19.6. The van der Waals surface area contributed by atoms with E-state index in [0.717, 1.165) is 18.5 Å². The summed E-state index contributed by atoms with van der Waals surface area (Å²) in [7, 11) is 1.51. The number of anilines is 2. The molecule has 1 saturated carbocycles. The highest BCUT2D eigenvalue weighted by atomic mass is 16.5. The zero-order chi connectivity index (χ0) is 21.1. The normalized spacial score (nSPS) is 13.0. The number of methoxy groups -OCH3 is 1. The fourth-order valence-electron chi connectivity index (χ4n) is 3.19. The van der Waals surface area contributed by atoms with Crippen molar-refractivity contribution in [1.29, 1.82) is 0 Å². The quantitative estimate of drug-likeness (QED) is 0.579. The van der Waals surface area contributed by atoms with Crippen LogP contribution in [0.2, 0.25) is 0 Å². The number of nitrogens with zero attached hydrogens (tertiary/aromatic N) is 2. The number of hydrogen-bond donors (Lipinski definition) is 3. The van der Waals surface area contributed by atoms with Gasteiger partial charge in [-0.2, -0.15) is 0 Å². The molecule has 4 rings (SSSR count). The van der Waals surface area contributed by atoms with Gasteiger partial charge in [0.1, 0.15) is 11.3 Å². The lowest BCUT2D eigenvalue weighted by Crippen LogP contribution is -2.26. The van der Waals surface area contributed by atoms with Crippen molar-refractivity contribution in [2.45, 2.75) is 19.8 Å². The van der Waals surface area contributed by atoms with Crippen LogP contribution in [0.4, 0.5) is 16.2 Å². The third kappa shape index (κ3) is 4.48. The number of pyridine rings is 2. The highest BCUT2D eigenvalue weighted by Gasteiger charge is 2.23. The van der Waals surface area contributed by atoms with E-state index in [4.69, 9.17) is 4.74 Å². The molecule has 0 radical (unpaired) electrons. The van der Waals surface area contributed by atoms with E-state index in [9.17, 15) is 9.59 Å². The number of urea groups is 1. The molecule has 1 aromatic carbocycles. The lowest BCUT2D eigenvalue weighted by atomic mass is 10.1. The number of rotatable bonds is 6. The molecule has 3 N–H and O–H groups in total. The van der Waals surface area contributed by atoms with Crippen LogP contribution in [0, 0.1) is 12.8 Å². The summed E-state index contributed by atoms with van der Waals surface area (Å²) in [4.78, 5) is 33.9. The first-order valence-corrected chi connectivity index (χ1v) is 9.80. The summed E-state index contributed by atoms with van der Waals surface area (Å²) in [6, 6.07) is 9.91. The molecule has 8 nitrogen and oxygen atoms in total. The molecule has 154 valence electrons. The summed E-state index contributed by atoms with van der Waals surface area (Å²) < 4.78 is 5.30. The minimum atomic E-state index is -0.443. The Balaban J connectivity index is 1.50. The highest BCUT2D eigenvalue weighted by Crippen LogP contribution is 2.28. The standard InChI is InChI=1S/C22H23N5O3/c1-13-10-18(20-17(25-13)4-3-9-23-20)27-22(29)26-15-7-8-19(30-2)16(11-15)21(28)24-12-14-5-6-14/h3-4,7-11,14H,5-6,12H2,1-2H3,(H,24,28)(H2,25,26,27,29). The van der Waals surface area contributed by atoms with Crippen LogP contribution < -0.4 is 20.7 Å². The van der Waals surface area contributed by atoms with E-state index >= 15 is 0 Å². The van der Waals surface area contributed by atoms with Crippen molar-refractivity contribution in [3.05, 3.63) is 53.9 Å². The molecule has 3 aromatic rings. The van der Waals surface area contributed by atoms with Gasteiger partial charge in [-0.3, -0.25) is 14.8 Å². The molecule has 1 aliphatic rings. The van der Waals surface area contributed by atoms with Crippen LogP contribution in [-0.4, -0.2) is 35.6 Å². The molecule has 0 bridgehead atoms. The van der Waals surface area contributed by atoms with Crippen LogP contribution in [0.1, 0.15) is 28.9 Å². The maximum atomic E-state index is 12.6. The lowest BCUT2D eigenvalue weighted by Gasteiger charge is -2.13. The van der Waals surface area contributed by atoms with Gasteiger partial charge in [0.05, 0.1) is 23.9 Å². The molecule has 3 amide bonds. The van der Waals surface area contributed by atoms with Gasteiger partial charge in [-0.15, -0.1) is 0 Å².